The van der Waals surface area contributed by atoms with Crippen LogP contribution in [-0.2, 0) is 16.1 Å². The van der Waals surface area contributed by atoms with E-state index >= 15 is 0 Å². The lowest BCUT2D eigenvalue weighted by Gasteiger charge is -2.03. The number of halogens is 1. The minimum Gasteiger partial charge on any atom is -0.465 e. The molecule has 2 N–H and O–H groups in total. The molecular formula is C11H12ClN3O2. The number of carbonyl (C=O) groups excluding carboxylic acids is 1. The molecule has 1 heterocycles. The van der Waals surface area contributed by atoms with Crippen LogP contribution in [0.3, 0.4) is 0 Å². The highest BCUT2D eigenvalue weighted by molar-refractivity contribution is 6.34. The zero-order valence-electron chi connectivity index (χ0n) is 9.31. The van der Waals surface area contributed by atoms with E-state index in [0.29, 0.717) is 17.4 Å². The molecule has 0 aliphatic heterocycles. The van der Waals surface area contributed by atoms with E-state index in [9.17, 15) is 4.79 Å². The Morgan fingerprint density at radius 1 is 1.59 bits per heavy atom. The van der Waals surface area contributed by atoms with E-state index in [2.05, 4.69) is 5.10 Å². The molecule has 6 heteroatoms. The summed E-state index contributed by atoms with van der Waals surface area (Å²) in [6.45, 7) is 2.12. The van der Waals surface area contributed by atoms with Crippen LogP contribution in [0.1, 0.15) is 6.92 Å². The third-order valence-electron chi connectivity index (χ3n) is 2.31. The van der Waals surface area contributed by atoms with Crippen molar-refractivity contribution < 1.29 is 9.53 Å². The van der Waals surface area contributed by atoms with E-state index in [1.807, 2.05) is 0 Å². The number of carbonyl (C=O) groups is 1. The van der Waals surface area contributed by atoms with Crippen molar-refractivity contribution >= 4 is 34.2 Å². The average Bonchev–Trinajstić information content (AvgIpc) is 2.55. The van der Waals surface area contributed by atoms with Crippen LogP contribution < -0.4 is 5.73 Å². The van der Waals surface area contributed by atoms with Crippen LogP contribution in [0.15, 0.2) is 18.2 Å². The van der Waals surface area contributed by atoms with Gasteiger partial charge >= 0.3 is 5.97 Å². The van der Waals surface area contributed by atoms with E-state index in [4.69, 9.17) is 22.1 Å². The van der Waals surface area contributed by atoms with Crippen LogP contribution in [0.25, 0.3) is 10.9 Å². The molecular weight excluding hydrogens is 242 g/mol. The van der Waals surface area contributed by atoms with Gasteiger partial charge in [0.2, 0.25) is 0 Å². The summed E-state index contributed by atoms with van der Waals surface area (Å²) in [7, 11) is 0. The number of ether oxygens (including phenoxy) is 1. The SMILES string of the molecule is CCOC(=O)Cn1nc(Cl)c2ccc(N)cc21. The maximum absolute atomic E-state index is 11.4. The molecule has 0 unspecified atom stereocenters. The topological polar surface area (TPSA) is 70.1 Å². The molecule has 90 valence electrons. The predicted octanol–water partition coefficient (Wildman–Crippen LogP) is 1.83. The first kappa shape index (κ1) is 11.7. The number of aromatic nitrogens is 2. The Kier molecular flexibility index (Phi) is 3.19. The molecule has 1 aromatic carbocycles. The molecule has 0 aliphatic rings. The monoisotopic (exact) mass is 253 g/mol. The quantitative estimate of drug-likeness (QED) is 0.669. The molecule has 2 rings (SSSR count). The van der Waals surface area contributed by atoms with Gasteiger partial charge in [-0.05, 0) is 25.1 Å². The van der Waals surface area contributed by atoms with Crippen LogP contribution in [0.5, 0.6) is 0 Å². The van der Waals surface area contributed by atoms with Crippen molar-refractivity contribution in [2.24, 2.45) is 0 Å². The van der Waals surface area contributed by atoms with Crippen molar-refractivity contribution in [3.05, 3.63) is 23.4 Å². The van der Waals surface area contributed by atoms with E-state index < -0.39 is 0 Å². The summed E-state index contributed by atoms with van der Waals surface area (Å²) in [6.07, 6.45) is 0. The number of nitrogens with zero attached hydrogens (tertiary/aromatic N) is 2. The average molecular weight is 254 g/mol. The smallest absolute Gasteiger partial charge is 0.327 e. The minimum atomic E-state index is -0.351. The van der Waals surface area contributed by atoms with Gasteiger partial charge in [0.25, 0.3) is 0 Å². The molecule has 0 bridgehead atoms. The summed E-state index contributed by atoms with van der Waals surface area (Å²) >= 11 is 5.97. The molecule has 5 nitrogen and oxygen atoms in total. The van der Waals surface area contributed by atoms with Crippen molar-refractivity contribution in [2.75, 3.05) is 12.3 Å². The zero-order valence-corrected chi connectivity index (χ0v) is 10.1. The number of hydrogen-bond acceptors (Lipinski definition) is 4. The molecule has 17 heavy (non-hydrogen) atoms. The summed E-state index contributed by atoms with van der Waals surface area (Å²) in [4.78, 5) is 11.4. The Morgan fingerprint density at radius 2 is 2.35 bits per heavy atom. The van der Waals surface area contributed by atoms with E-state index in [1.165, 1.54) is 4.68 Å². The first-order chi connectivity index (χ1) is 8.11. The molecule has 0 fully saturated rings. The van der Waals surface area contributed by atoms with E-state index in [0.717, 1.165) is 10.9 Å². The van der Waals surface area contributed by atoms with Crippen LogP contribution >= 0.6 is 11.6 Å². The lowest BCUT2D eigenvalue weighted by Crippen LogP contribution is -2.14. The van der Waals surface area contributed by atoms with Gasteiger partial charge in [0.1, 0.15) is 6.54 Å². The van der Waals surface area contributed by atoms with Gasteiger partial charge in [-0.15, -0.1) is 0 Å². The summed E-state index contributed by atoms with van der Waals surface area (Å²) < 4.78 is 6.35. The number of nitrogen functional groups attached to an aromatic ring is 1. The van der Waals surface area contributed by atoms with Gasteiger partial charge in [0.15, 0.2) is 5.15 Å². The van der Waals surface area contributed by atoms with E-state index in [1.54, 1.807) is 25.1 Å². The van der Waals surface area contributed by atoms with Crippen molar-refractivity contribution in [1.29, 1.82) is 0 Å². The maximum atomic E-state index is 11.4. The summed E-state index contributed by atoms with van der Waals surface area (Å²) in [5, 5.41) is 5.20. The molecule has 2 aromatic rings. The fourth-order valence-electron chi connectivity index (χ4n) is 1.60. The maximum Gasteiger partial charge on any atom is 0.327 e. The fourth-order valence-corrected chi connectivity index (χ4v) is 1.85. The summed E-state index contributed by atoms with van der Waals surface area (Å²) in [5.41, 5.74) is 7.01. The fraction of sp³-hybridized carbons (Fsp3) is 0.273. The van der Waals surface area contributed by atoms with Crippen LogP contribution in [0.4, 0.5) is 5.69 Å². The highest BCUT2D eigenvalue weighted by atomic mass is 35.5. The number of esters is 1. The Hall–Kier alpha value is -1.75. The van der Waals surface area contributed by atoms with Crippen LogP contribution in [0, 0.1) is 0 Å². The lowest BCUT2D eigenvalue weighted by molar-refractivity contribution is -0.143. The van der Waals surface area contributed by atoms with Gasteiger partial charge in [-0.1, -0.05) is 11.6 Å². The predicted molar refractivity (Wildman–Crippen MR) is 65.8 cm³/mol. The van der Waals surface area contributed by atoms with Gasteiger partial charge in [0, 0.05) is 11.1 Å². The zero-order chi connectivity index (χ0) is 12.4. The molecule has 0 amide bonds. The van der Waals surface area contributed by atoms with Crippen molar-refractivity contribution in [3.63, 3.8) is 0 Å². The second-order valence-corrected chi connectivity index (χ2v) is 3.89. The molecule has 0 saturated carbocycles. The number of nitrogens with two attached hydrogens (primary N) is 1. The number of fused-ring (bicyclic) bond motifs is 1. The molecule has 0 aliphatic carbocycles. The van der Waals surface area contributed by atoms with Crippen LogP contribution in [0.2, 0.25) is 5.15 Å². The summed E-state index contributed by atoms with van der Waals surface area (Å²) in [5.74, 6) is -0.351. The summed E-state index contributed by atoms with van der Waals surface area (Å²) in [6, 6.07) is 5.25. The number of benzene rings is 1. The minimum absolute atomic E-state index is 0.0283. The van der Waals surface area contributed by atoms with Crippen molar-refractivity contribution in [3.8, 4) is 0 Å². The van der Waals surface area contributed by atoms with Gasteiger partial charge < -0.3 is 10.5 Å². The Bertz CT molecular complexity index is 565. The highest BCUT2D eigenvalue weighted by Gasteiger charge is 2.12. The van der Waals surface area contributed by atoms with Crippen LogP contribution in [-0.4, -0.2) is 22.4 Å². The van der Waals surface area contributed by atoms with Gasteiger partial charge in [-0.2, -0.15) is 5.10 Å². The Labute approximate surface area is 103 Å². The Morgan fingerprint density at radius 3 is 3.06 bits per heavy atom. The molecule has 0 spiro atoms. The third-order valence-corrected chi connectivity index (χ3v) is 2.59. The van der Waals surface area contributed by atoms with Gasteiger partial charge in [-0.3, -0.25) is 9.48 Å². The number of anilines is 1. The first-order valence-electron chi connectivity index (χ1n) is 5.19. The second-order valence-electron chi connectivity index (χ2n) is 3.53. The first-order valence-corrected chi connectivity index (χ1v) is 5.56. The van der Waals surface area contributed by atoms with Gasteiger partial charge in [0.05, 0.1) is 12.1 Å². The standard InChI is InChI=1S/C11H12ClN3O2/c1-2-17-10(16)6-15-9-5-7(13)3-4-8(9)11(12)14-15/h3-5H,2,6,13H2,1H3. The van der Waals surface area contributed by atoms with Gasteiger partial charge in [-0.25, -0.2) is 0 Å². The third kappa shape index (κ3) is 2.34. The second kappa shape index (κ2) is 4.63. The molecule has 0 saturated heterocycles. The molecule has 0 radical (unpaired) electrons. The molecule has 1 aromatic heterocycles. The lowest BCUT2D eigenvalue weighted by atomic mass is 10.2. The van der Waals surface area contributed by atoms with Crippen molar-refractivity contribution in [1.82, 2.24) is 9.78 Å². The highest BCUT2D eigenvalue weighted by Crippen LogP contribution is 2.24. The van der Waals surface area contributed by atoms with Crippen molar-refractivity contribution in [2.45, 2.75) is 13.5 Å². The number of rotatable bonds is 3. The largest absolute Gasteiger partial charge is 0.465 e. The van der Waals surface area contributed by atoms with E-state index in [-0.39, 0.29) is 12.5 Å². The normalized spacial score (nSPS) is 10.7. The Balaban J connectivity index is 2.40. The molecule has 0 atom stereocenters. The number of hydrogen-bond donors (Lipinski definition) is 1.